The van der Waals surface area contributed by atoms with Gasteiger partial charge in [0.2, 0.25) is 0 Å². The molecule has 1 atom stereocenters. The lowest BCUT2D eigenvalue weighted by atomic mass is 9.92. The average Bonchev–Trinajstić information content (AvgIpc) is 2.62. The van der Waals surface area contributed by atoms with Gasteiger partial charge in [-0.25, -0.2) is 9.18 Å². The van der Waals surface area contributed by atoms with Crippen molar-refractivity contribution in [2.24, 2.45) is 0 Å². The molecule has 136 valence electrons. The highest BCUT2D eigenvalue weighted by molar-refractivity contribution is 5.70. The molecule has 2 aromatic rings. The lowest BCUT2D eigenvalue weighted by molar-refractivity contribution is 0.200. The zero-order valence-electron chi connectivity index (χ0n) is 14.9. The molecule has 2 rings (SSSR count). The van der Waals surface area contributed by atoms with Crippen LogP contribution in [0.2, 0.25) is 0 Å². The molecule has 0 saturated heterocycles. The number of amides is 1. The number of nitrogens with one attached hydrogen (secondary N) is 1. The summed E-state index contributed by atoms with van der Waals surface area (Å²) >= 11 is 0. The topological polar surface area (TPSA) is 38.3 Å². The maximum atomic E-state index is 12.8. The van der Waals surface area contributed by atoms with Crippen LogP contribution in [0, 0.1) is 5.82 Å². The van der Waals surface area contributed by atoms with Crippen LogP contribution in [0.4, 0.5) is 9.18 Å². The van der Waals surface area contributed by atoms with Crippen molar-refractivity contribution in [3.8, 4) is 5.75 Å². The molecular formula is C21H28FNO2. The molecule has 1 unspecified atom stereocenters. The Balaban J connectivity index is 0.00000338. The molecule has 0 heterocycles. The van der Waals surface area contributed by atoms with Crippen LogP contribution in [0.15, 0.2) is 48.5 Å². The van der Waals surface area contributed by atoms with E-state index in [2.05, 4.69) is 19.2 Å². The van der Waals surface area contributed by atoms with Crippen molar-refractivity contribution in [3.63, 3.8) is 0 Å². The van der Waals surface area contributed by atoms with E-state index in [1.807, 2.05) is 24.3 Å². The Kier molecular flexibility index (Phi) is 7.45. The predicted molar refractivity (Wildman–Crippen MR) is 101 cm³/mol. The van der Waals surface area contributed by atoms with Crippen molar-refractivity contribution in [1.82, 2.24) is 5.32 Å². The second kappa shape index (κ2) is 9.82. The highest BCUT2D eigenvalue weighted by Gasteiger charge is 2.09. The van der Waals surface area contributed by atoms with Crippen molar-refractivity contribution in [2.75, 3.05) is 6.54 Å². The third-order valence-corrected chi connectivity index (χ3v) is 4.29. The summed E-state index contributed by atoms with van der Waals surface area (Å²) in [4.78, 5) is 11.8. The fraction of sp³-hybridized carbons (Fsp3) is 0.381. The van der Waals surface area contributed by atoms with Gasteiger partial charge < -0.3 is 10.1 Å². The summed E-state index contributed by atoms with van der Waals surface area (Å²) in [5.74, 6) is 0.835. The summed E-state index contributed by atoms with van der Waals surface area (Å²) in [7, 11) is 0. The molecule has 25 heavy (non-hydrogen) atoms. The van der Waals surface area contributed by atoms with E-state index in [0.29, 0.717) is 24.6 Å². The van der Waals surface area contributed by atoms with E-state index in [9.17, 15) is 9.18 Å². The van der Waals surface area contributed by atoms with Gasteiger partial charge in [0.05, 0.1) is 0 Å². The van der Waals surface area contributed by atoms with Crippen molar-refractivity contribution in [3.05, 3.63) is 65.5 Å². The Bertz CT molecular complexity index is 659. The maximum absolute atomic E-state index is 12.8. The Hall–Kier alpha value is -2.36. The van der Waals surface area contributed by atoms with Crippen LogP contribution >= 0.6 is 0 Å². The first-order valence-electron chi connectivity index (χ1n) is 8.92. The first kappa shape index (κ1) is 19.0. The SMILES string of the molecule is CCCC(CC)c1ccc(OC(=O)NCCc2ccc(F)cc2)cc1.[HH]. The van der Waals surface area contributed by atoms with Crippen molar-refractivity contribution in [1.29, 1.82) is 0 Å². The van der Waals surface area contributed by atoms with E-state index >= 15 is 0 Å². The molecule has 1 N–H and O–H groups in total. The van der Waals surface area contributed by atoms with Gasteiger partial charge in [0, 0.05) is 7.97 Å². The maximum Gasteiger partial charge on any atom is 0.412 e. The van der Waals surface area contributed by atoms with Crippen LogP contribution in [0.5, 0.6) is 5.75 Å². The molecule has 0 fully saturated rings. The standard InChI is InChI=1S/C21H26FNO2.H2/c1-3-5-17(4-2)18-8-12-20(13-9-18)25-21(24)23-15-14-16-6-10-19(22)11-7-16;/h6-13,17H,3-5,14-15H2,1-2H3,(H,23,24);1H. The molecule has 0 spiro atoms. The molecule has 0 aromatic heterocycles. The number of halogens is 1. The van der Waals surface area contributed by atoms with Gasteiger partial charge in [-0.3, -0.25) is 0 Å². The van der Waals surface area contributed by atoms with Crippen LogP contribution in [0.3, 0.4) is 0 Å². The Labute approximate surface area is 150 Å². The van der Waals surface area contributed by atoms with E-state index < -0.39 is 6.09 Å². The smallest absolute Gasteiger partial charge is 0.410 e. The molecule has 0 aliphatic carbocycles. The molecule has 0 aliphatic heterocycles. The first-order chi connectivity index (χ1) is 12.1. The van der Waals surface area contributed by atoms with Gasteiger partial charge >= 0.3 is 6.09 Å². The minimum atomic E-state index is -0.476. The first-order valence-corrected chi connectivity index (χ1v) is 8.92. The number of rotatable bonds is 8. The monoisotopic (exact) mass is 345 g/mol. The van der Waals surface area contributed by atoms with Gasteiger partial charge in [-0.2, -0.15) is 0 Å². The molecule has 2 aromatic carbocycles. The molecule has 1 amide bonds. The third kappa shape index (κ3) is 6.22. The molecular weight excluding hydrogens is 317 g/mol. The van der Waals surface area contributed by atoms with Gasteiger partial charge in [0.25, 0.3) is 0 Å². The number of hydrogen-bond acceptors (Lipinski definition) is 2. The number of hydrogen-bond donors (Lipinski definition) is 1. The normalized spacial score (nSPS) is 11.8. The number of carbonyl (C=O) groups excluding carboxylic acids is 1. The lowest BCUT2D eigenvalue weighted by Crippen LogP contribution is -2.28. The fourth-order valence-corrected chi connectivity index (χ4v) is 2.87. The molecule has 3 nitrogen and oxygen atoms in total. The molecule has 0 bridgehead atoms. The summed E-state index contributed by atoms with van der Waals surface area (Å²) < 4.78 is 18.1. The largest absolute Gasteiger partial charge is 0.412 e. The molecule has 0 saturated carbocycles. The van der Waals surface area contributed by atoms with Crippen molar-refractivity contribution < 1.29 is 15.3 Å². The lowest BCUT2D eigenvalue weighted by Gasteiger charge is -2.14. The van der Waals surface area contributed by atoms with Gasteiger partial charge in [-0.05, 0) is 60.6 Å². The van der Waals surface area contributed by atoms with E-state index in [-0.39, 0.29) is 7.24 Å². The Morgan fingerprint density at radius 1 is 1.12 bits per heavy atom. The molecule has 0 radical (unpaired) electrons. The van der Waals surface area contributed by atoms with E-state index in [4.69, 9.17) is 4.74 Å². The summed E-state index contributed by atoms with van der Waals surface area (Å²) in [5.41, 5.74) is 2.25. The van der Waals surface area contributed by atoms with Gasteiger partial charge in [0.15, 0.2) is 0 Å². The highest BCUT2D eigenvalue weighted by Crippen LogP contribution is 2.26. The second-order valence-corrected chi connectivity index (χ2v) is 6.16. The van der Waals surface area contributed by atoms with Crippen LogP contribution < -0.4 is 10.1 Å². The van der Waals surface area contributed by atoms with Crippen LogP contribution in [-0.2, 0) is 6.42 Å². The van der Waals surface area contributed by atoms with Crippen molar-refractivity contribution >= 4 is 6.09 Å². The Morgan fingerprint density at radius 2 is 1.80 bits per heavy atom. The summed E-state index contributed by atoms with van der Waals surface area (Å²) in [5, 5.41) is 2.71. The zero-order valence-corrected chi connectivity index (χ0v) is 14.9. The number of benzene rings is 2. The summed E-state index contributed by atoms with van der Waals surface area (Å²) in [6.07, 6.45) is 3.59. The summed E-state index contributed by atoms with van der Waals surface area (Å²) in [6, 6.07) is 14.0. The minimum absolute atomic E-state index is 0. The fourth-order valence-electron chi connectivity index (χ4n) is 2.87. The molecule has 4 heteroatoms. The number of ether oxygens (including phenoxy) is 1. The number of carbonyl (C=O) groups is 1. The molecule has 0 aliphatic rings. The second-order valence-electron chi connectivity index (χ2n) is 6.16. The minimum Gasteiger partial charge on any atom is -0.410 e. The third-order valence-electron chi connectivity index (χ3n) is 4.29. The average molecular weight is 345 g/mol. The van der Waals surface area contributed by atoms with Gasteiger partial charge in [0.1, 0.15) is 11.6 Å². The van der Waals surface area contributed by atoms with Crippen LogP contribution in [0.1, 0.15) is 51.6 Å². The van der Waals surface area contributed by atoms with Crippen LogP contribution in [-0.4, -0.2) is 12.6 Å². The van der Waals surface area contributed by atoms with Gasteiger partial charge in [-0.15, -0.1) is 0 Å². The highest BCUT2D eigenvalue weighted by atomic mass is 19.1. The van der Waals surface area contributed by atoms with Crippen LogP contribution in [0.25, 0.3) is 0 Å². The Morgan fingerprint density at radius 3 is 2.40 bits per heavy atom. The quantitative estimate of drug-likeness (QED) is 0.667. The van der Waals surface area contributed by atoms with E-state index in [1.165, 1.54) is 24.1 Å². The van der Waals surface area contributed by atoms with E-state index in [0.717, 1.165) is 18.4 Å². The zero-order chi connectivity index (χ0) is 18.1. The van der Waals surface area contributed by atoms with Crippen molar-refractivity contribution in [2.45, 2.75) is 45.4 Å². The predicted octanol–water partition coefficient (Wildman–Crippen LogP) is 5.70. The van der Waals surface area contributed by atoms with E-state index in [1.54, 1.807) is 12.1 Å². The summed E-state index contributed by atoms with van der Waals surface area (Å²) in [6.45, 7) is 4.83. The van der Waals surface area contributed by atoms with Gasteiger partial charge in [-0.1, -0.05) is 44.5 Å².